The van der Waals surface area contributed by atoms with E-state index in [0.29, 0.717) is 16.7 Å². The number of carbonyl (C=O) groups is 2. The minimum absolute atomic E-state index is 0.140. The van der Waals surface area contributed by atoms with E-state index < -0.39 is 28.5 Å². The monoisotopic (exact) mass is 677 g/mol. The highest BCUT2D eigenvalue weighted by molar-refractivity contribution is 9.10. The Kier molecular flexibility index (Phi) is 11.6. The van der Waals surface area contributed by atoms with E-state index in [1.807, 2.05) is 61.5 Å². The number of hydrogen-bond acceptors (Lipinski definition) is 4. The van der Waals surface area contributed by atoms with Gasteiger partial charge in [0.2, 0.25) is 21.8 Å². The molecule has 7 nitrogen and oxygen atoms in total. The normalized spacial score (nSPS) is 12.0. The van der Waals surface area contributed by atoms with E-state index in [-0.39, 0.29) is 18.9 Å². The van der Waals surface area contributed by atoms with E-state index >= 15 is 0 Å². The van der Waals surface area contributed by atoms with Crippen LogP contribution >= 0.6 is 31.9 Å². The van der Waals surface area contributed by atoms with Crippen molar-refractivity contribution in [2.45, 2.75) is 38.8 Å². The average molecular weight is 679 g/mol. The Morgan fingerprint density at radius 1 is 0.897 bits per heavy atom. The number of sulfonamides is 1. The lowest BCUT2D eigenvalue weighted by Crippen LogP contribution is -2.53. The van der Waals surface area contributed by atoms with Gasteiger partial charge in [-0.3, -0.25) is 13.9 Å². The van der Waals surface area contributed by atoms with Gasteiger partial charge in [-0.2, -0.15) is 0 Å². The fraction of sp³-hybridized carbons (Fsp3) is 0.310. The van der Waals surface area contributed by atoms with Crippen LogP contribution in [-0.4, -0.2) is 50.5 Å². The van der Waals surface area contributed by atoms with Gasteiger partial charge in [0.1, 0.15) is 12.6 Å². The number of nitrogens with one attached hydrogen (secondary N) is 1. The quantitative estimate of drug-likeness (QED) is 0.241. The van der Waals surface area contributed by atoms with Crippen LogP contribution in [-0.2, 0) is 32.6 Å². The molecule has 1 N–H and O–H groups in total. The van der Waals surface area contributed by atoms with Gasteiger partial charge in [-0.1, -0.05) is 93.7 Å². The van der Waals surface area contributed by atoms with Crippen LogP contribution in [0.3, 0.4) is 0 Å². The zero-order valence-corrected chi connectivity index (χ0v) is 26.0. The molecule has 2 amide bonds. The molecule has 0 aliphatic carbocycles. The smallest absolute Gasteiger partial charge is 0.244 e. The summed E-state index contributed by atoms with van der Waals surface area (Å²) in [5, 5.41) is 2.98. The van der Waals surface area contributed by atoms with Gasteiger partial charge in [-0.15, -0.1) is 0 Å². The van der Waals surface area contributed by atoms with E-state index in [9.17, 15) is 18.0 Å². The molecule has 0 aromatic heterocycles. The maximum absolute atomic E-state index is 14.0. The van der Waals surface area contributed by atoms with Crippen molar-refractivity contribution >= 4 is 59.4 Å². The largest absolute Gasteiger partial charge is 0.354 e. The molecule has 0 saturated carbocycles. The van der Waals surface area contributed by atoms with Crippen LogP contribution in [0.4, 0.5) is 5.69 Å². The molecule has 0 fully saturated rings. The Labute approximate surface area is 247 Å². The van der Waals surface area contributed by atoms with Crippen LogP contribution < -0.4 is 9.62 Å². The Morgan fingerprint density at radius 2 is 1.59 bits per heavy atom. The fourth-order valence-electron chi connectivity index (χ4n) is 4.09. The van der Waals surface area contributed by atoms with Crippen molar-refractivity contribution in [3.8, 4) is 0 Å². The molecule has 3 aromatic rings. The van der Waals surface area contributed by atoms with Gasteiger partial charge in [0.15, 0.2) is 0 Å². The lowest BCUT2D eigenvalue weighted by Gasteiger charge is -2.33. The molecule has 10 heteroatoms. The van der Waals surface area contributed by atoms with Gasteiger partial charge in [0.05, 0.1) is 11.9 Å². The molecule has 1 unspecified atom stereocenters. The molecule has 3 rings (SSSR count). The minimum Gasteiger partial charge on any atom is -0.354 e. The van der Waals surface area contributed by atoms with E-state index in [1.165, 1.54) is 4.90 Å². The molecular formula is C29H33Br2N3O4S. The van der Waals surface area contributed by atoms with Crippen molar-refractivity contribution in [1.29, 1.82) is 0 Å². The first-order valence-corrected chi connectivity index (χ1v) is 16.1. The Hall–Kier alpha value is -2.69. The van der Waals surface area contributed by atoms with E-state index in [1.54, 1.807) is 24.3 Å². The van der Waals surface area contributed by atoms with Crippen LogP contribution in [0.5, 0.6) is 0 Å². The predicted molar refractivity (Wildman–Crippen MR) is 163 cm³/mol. The van der Waals surface area contributed by atoms with Crippen molar-refractivity contribution in [2.24, 2.45) is 0 Å². The summed E-state index contributed by atoms with van der Waals surface area (Å²) in [5.41, 5.74) is 2.07. The molecule has 0 aliphatic heterocycles. The Morgan fingerprint density at radius 3 is 2.21 bits per heavy atom. The fourth-order valence-corrected chi connectivity index (χ4v) is 5.58. The first-order valence-electron chi connectivity index (χ1n) is 12.7. The third-order valence-corrected chi connectivity index (χ3v) is 8.30. The van der Waals surface area contributed by atoms with E-state index in [2.05, 4.69) is 37.2 Å². The van der Waals surface area contributed by atoms with Crippen molar-refractivity contribution in [1.82, 2.24) is 10.2 Å². The van der Waals surface area contributed by atoms with Gasteiger partial charge >= 0.3 is 0 Å². The van der Waals surface area contributed by atoms with E-state index in [4.69, 9.17) is 0 Å². The number of hydrogen-bond donors (Lipinski definition) is 1. The Bertz CT molecular complexity index is 1350. The summed E-state index contributed by atoms with van der Waals surface area (Å²) in [7, 11) is -3.81. The molecule has 0 aliphatic rings. The Balaban J connectivity index is 2.02. The maximum atomic E-state index is 14.0. The maximum Gasteiger partial charge on any atom is 0.244 e. The van der Waals surface area contributed by atoms with Gasteiger partial charge < -0.3 is 10.2 Å². The molecule has 0 spiro atoms. The van der Waals surface area contributed by atoms with Gasteiger partial charge in [-0.05, 0) is 47.9 Å². The summed E-state index contributed by atoms with van der Waals surface area (Å²) in [6, 6.07) is 22.9. The molecule has 0 bridgehead atoms. The minimum atomic E-state index is -3.81. The molecule has 0 heterocycles. The summed E-state index contributed by atoms with van der Waals surface area (Å²) in [5.74, 6) is -0.749. The molecule has 0 saturated heterocycles. The zero-order chi connectivity index (χ0) is 28.4. The summed E-state index contributed by atoms with van der Waals surface area (Å²) in [4.78, 5) is 29.1. The van der Waals surface area contributed by atoms with Crippen molar-refractivity contribution in [3.05, 3.63) is 98.9 Å². The molecule has 3 aromatic carbocycles. The van der Waals surface area contributed by atoms with Crippen LogP contribution in [0.2, 0.25) is 0 Å². The van der Waals surface area contributed by atoms with Crippen LogP contribution in [0.25, 0.3) is 0 Å². The highest BCUT2D eigenvalue weighted by Crippen LogP contribution is 2.24. The molecule has 208 valence electrons. The third kappa shape index (κ3) is 9.47. The summed E-state index contributed by atoms with van der Waals surface area (Å²) in [6.45, 7) is 2.23. The number of halogens is 2. The second-order valence-electron chi connectivity index (χ2n) is 9.25. The lowest BCUT2D eigenvalue weighted by molar-refractivity contribution is -0.140. The number of amides is 2. The van der Waals surface area contributed by atoms with Crippen molar-refractivity contribution in [2.75, 3.05) is 23.7 Å². The summed E-state index contributed by atoms with van der Waals surface area (Å²) >= 11 is 6.81. The highest BCUT2D eigenvalue weighted by atomic mass is 79.9. The van der Waals surface area contributed by atoms with Gasteiger partial charge in [0.25, 0.3) is 0 Å². The van der Waals surface area contributed by atoms with Gasteiger partial charge in [-0.25, -0.2) is 8.42 Å². The number of anilines is 1. The first kappa shape index (κ1) is 30.8. The molecule has 39 heavy (non-hydrogen) atoms. The standard InChI is InChI=1S/C29H33Br2N3O4S/c1-3-4-17-32-29(36)27(18-22-9-6-5-7-10-22)33(20-23-13-15-24(30)16-14-23)28(35)21-34(39(2,37)38)26-12-8-11-25(31)19-26/h5-16,19,27H,3-4,17-18,20-21H2,1-2H3,(H,32,36). The number of nitrogens with zero attached hydrogens (tertiary/aromatic N) is 2. The second kappa shape index (κ2) is 14.6. The number of carbonyl (C=O) groups excluding carboxylic acids is 2. The second-order valence-corrected chi connectivity index (χ2v) is 13.0. The zero-order valence-electron chi connectivity index (χ0n) is 22.0. The van der Waals surface area contributed by atoms with Gasteiger partial charge in [0, 0.05) is 28.5 Å². The van der Waals surface area contributed by atoms with Crippen LogP contribution in [0, 0.1) is 0 Å². The number of rotatable bonds is 13. The SMILES string of the molecule is CCCCNC(=O)C(Cc1ccccc1)N(Cc1ccc(Br)cc1)C(=O)CN(c1cccc(Br)c1)S(C)(=O)=O. The summed E-state index contributed by atoms with van der Waals surface area (Å²) in [6.07, 6.45) is 3.09. The number of unbranched alkanes of at least 4 members (excludes halogenated alkanes) is 1. The topological polar surface area (TPSA) is 86.8 Å². The third-order valence-electron chi connectivity index (χ3n) is 6.14. The molecule has 1 atom stereocenters. The predicted octanol–water partition coefficient (Wildman–Crippen LogP) is 5.53. The average Bonchev–Trinajstić information content (AvgIpc) is 2.90. The first-order chi connectivity index (χ1) is 18.6. The van der Waals surface area contributed by atoms with Crippen molar-refractivity contribution < 1.29 is 18.0 Å². The van der Waals surface area contributed by atoms with Crippen LogP contribution in [0.1, 0.15) is 30.9 Å². The van der Waals surface area contributed by atoms with E-state index in [0.717, 1.165) is 39.0 Å². The molecular weight excluding hydrogens is 646 g/mol. The summed E-state index contributed by atoms with van der Waals surface area (Å²) < 4.78 is 28.3. The van der Waals surface area contributed by atoms with Crippen LogP contribution in [0.15, 0.2) is 87.8 Å². The number of benzene rings is 3. The molecule has 0 radical (unpaired) electrons. The van der Waals surface area contributed by atoms with Crippen molar-refractivity contribution in [3.63, 3.8) is 0 Å². The lowest BCUT2D eigenvalue weighted by atomic mass is 10.0. The highest BCUT2D eigenvalue weighted by Gasteiger charge is 2.33.